The van der Waals surface area contributed by atoms with Gasteiger partial charge in [-0.1, -0.05) is 27.7 Å². The third-order valence-corrected chi connectivity index (χ3v) is 4.14. The van der Waals surface area contributed by atoms with E-state index < -0.39 is 0 Å². The van der Waals surface area contributed by atoms with Crippen LogP contribution >= 0.6 is 0 Å². The molecule has 0 aromatic heterocycles. The number of carbonyl (C=O) groups is 1. The van der Waals surface area contributed by atoms with E-state index >= 15 is 0 Å². The quantitative estimate of drug-likeness (QED) is 0.629. The summed E-state index contributed by atoms with van der Waals surface area (Å²) in [6.07, 6.45) is 6.01. The molecule has 1 nitrogen and oxygen atoms in total. The summed E-state index contributed by atoms with van der Waals surface area (Å²) in [6, 6.07) is 0. The Labute approximate surface area is 88.3 Å². The van der Waals surface area contributed by atoms with Crippen LogP contribution in [0.15, 0.2) is 0 Å². The van der Waals surface area contributed by atoms with E-state index in [1.165, 1.54) is 25.5 Å². The summed E-state index contributed by atoms with van der Waals surface area (Å²) in [5.74, 6) is 2.22. The summed E-state index contributed by atoms with van der Waals surface area (Å²) < 4.78 is 0. The predicted molar refractivity (Wildman–Crippen MR) is 60.1 cm³/mol. The van der Waals surface area contributed by atoms with Crippen molar-refractivity contribution in [1.29, 1.82) is 0 Å². The normalized spacial score (nSPS) is 37.6. The van der Waals surface area contributed by atoms with E-state index in [2.05, 4.69) is 27.7 Å². The van der Waals surface area contributed by atoms with Crippen molar-refractivity contribution < 1.29 is 4.79 Å². The van der Waals surface area contributed by atoms with Crippen LogP contribution < -0.4 is 0 Å². The monoisotopic (exact) mass is 196 g/mol. The van der Waals surface area contributed by atoms with Crippen LogP contribution in [0.3, 0.4) is 0 Å². The van der Waals surface area contributed by atoms with Gasteiger partial charge in [0, 0.05) is 5.41 Å². The fourth-order valence-corrected chi connectivity index (χ4v) is 2.95. The third kappa shape index (κ3) is 2.37. The smallest absolute Gasteiger partial charge is 0.126 e. The van der Waals surface area contributed by atoms with Gasteiger partial charge in [-0.2, -0.15) is 0 Å². The van der Waals surface area contributed by atoms with Crippen molar-refractivity contribution >= 4 is 6.29 Å². The molecule has 0 saturated heterocycles. The Balaban J connectivity index is 2.70. The largest absolute Gasteiger partial charge is 0.303 e. The number of aldehydes is 1. The summed E-state index contributed by atoms with van der Waals surface area (Å²) in [6.45, 7) is 8.92. The molecule has 0 radical (unpaired) electrons. The topological polar surface area (TPSA) is 17.1 Å². The van der Waals surface area contributed by atoms with Crippen LogP contribution in [0.5, 0.6) is 0 Å². The van der Waals surface area contributed by atoms with Gasteiger partial charge in [0.1, 0.15) is 6.29 Å². The fourth-order valence-electron chi connectivity index (χ4n) is 2.95. The highest BCUT2D eigenvalue weighted by atomic mass is 16.1. The molecular formula is C13H24O. The highest BCUT2D eigenvalue weighted by Gasteiger charge is 2.36. The molecule has 3 atom stereocenters. The second-order valence-electron chi connectivity index (χ2n) is 5.59. The summed E-state index contributed by atoms with van der Waals surface area (Å²) in [5, 5.41) is 0. The van der Waals surface area contributed by atoms with Crippen molar-refractivity contribution in [1.82, 2.24) is 0 Å². The first-order valence-electron chi connectivity index (χ1n) is 5.98. The number of hydrogen-bond acceptors (Lipinski definition) is 1. The predicted octanol–water partition coefficient (Wildman–Crippen LogP) is 3.67. The van der Waals surface area contributed by atoms with Crippen LogP contribution in [0.4, 0.5) is 0 Å². The molecule has 1 aliphatic rings. The molecule has 3 unspecified atom stereocenters. The molecule has 1 heteroatoms. The van der Waals surface area contributed by atoms with Crippen molar-refractivity contribution in [2.75, 3.05) is 0 Å². The lowest BCUT2D eigenvalue weighted by molar-refractivity contribution is -0.119. The molecular weight excluding hydrogens is 172 g/mol. The van der Waals surface area contributed by atoms with Gasteiger partial charge in [0.25, 0.3) is 0 Å². The number of rotatable bonds is 3. The van der Waals surface area contributed by atoms with Crippen LogP contribution in [0.25, 0.3) is 0 Å². The van der Waals surface area contributed by atoms with E-state index in [0.717, 1.165) is 18.3 Å². The highest BCUT2D eigenvalue weighted by Crippen LogP contribution is 2.43. The molecule has 0 amide bonds. The number of carbonyl (C=O) groups excluding carboxylic acids is 1. The lowest BCUT2D eigenvalue weighted by Crippen LogP contribution is -2.34. The van der Waals surface area contributed by atoms with Gasteiger partial charge in [-0.05, 0) is 43.4 Å². The van der Waals surface area contributed by atoms with Gasteiger partial charge in [-0.25, -0.2) is 0 Å². The molecule has 0 N–H and O–H groups in total. The maximum absolute atomic E-state index is 11.2. The minimum atomic E-state index is -0.0665. The highest BCUT2D eigenvalue weighted by molar-refractivity contribution is 5.59. The molecule has 0 bridgehead atoms. The standard InChI is InChI=1S/C13H24O/c1-5-13(4,9-14)12-7-10(2)6-11(3)8-12/h9-12H,5-8H2,1-4H3. The SMILES string of the molecule is CCC(C)(C=O)C1CC(C)CC(C)C1. The van der Waals surface area contributed by atoms with E-state index in [0.29, 0.717) is 5.92 Å². The van der Waals surface area contributed by atoms with Gasteiger partial charge < -0.3 is 4.79 Å². The Bertz CT molecular complexity index is 189. The zero-order valence-corrected chi connectivity index (χ0v) is 10.0. The maximum Gasteiger partial charge on any atom is 0.126 e. The third-order valence-electron chi connectivity index (χ3n) is 4.14. The van der Waals surface area contributed by atoms with Gasteiger partial charge >= 0.3 is 0 Å². The average molecular weight is 196 g/mol. The molecule has 0 heterocycles. The van der Waals surface area contributed by atoms with Gasteiger partial charge in [0.15, 0.2) is 0 Å². The zero-order chi connectivity index (χ0) is 10.8. The van der Waals surface area contributed by atoms with Crippen molar-refractivity contribution in [2.24, 2.45) is 23.2 Å². The molecule has 1 aliphatic carbocycles. The summed E-state index contributed by atoms with van der Waals surface area (Å²) in [4.78, 5) is 11.2. The van der Waals surface area contributed by atoms with E-state index in [4.69, 9.17) is 0 Å². The van der Waals surface area contributed by atoms with E-state index in [1.807, 2.05) is 0 Å². The van der Waals surface area contributed by atoms with Crippen LogP contribution in [-0.4, -0.2) is 6.29 Å². The lowest BCUT2D eigenvalue weighted by Gasteiger charge is -2.40. The average Bonchev–Trinajstić information content (AvgIpc) is 2.15. The molecule has 1 fully saturated rings. The minimum absolute atomic E-state index is 0.0665. The molecule has 0 aromatic carbocycles. The van der Waals surface area contributed by atoms with Crippen LogP contribution in [0, 0.1) is 23.2 Å². The van der Waals surface area contributed by atoms with Gasteiger partial charge in [-0.15, -0.1) is 0 Å². The van der Waals surface area contributed by atoms with Crippen LogP contribution in [0.2, 0.25) is 0 Å². The fraction of sp³-hybridized carbons (Fsp3) is 0.923. The zero-order valence-electron chi connectivity index (χ0n) is 10.0. The van der Waals surface area contributed by atoms with Gasteiger partial charge in [0.2, 0.25) is 0 Å². The van der Waals surface area contributed by atoms with Gasteiger partial charge in [0.05, 0.1) is 0 Å². The first kappa shape index (κ1) is 11.7. The molecule has 14 heavy (non-hydrogen) atoms. The molecule has 0 aromatic rings. The van der Waals surface area contributed by atoms with Crippen molar-refractivity contribution in [3.8, 4) is 0 Å². The lowest BCUT2D eigenvalue weighted by atomic mass is 9.64. The summed E-state index contributed by atoms with van der Waals surface area (Å²) in [7, 11) is 0. The molecule has 1 saturated carbocycles. The van der Waals surface area contributed by atoms with Crippen molar-refractivity contribution in [3.63, 3.8) is 0 Å². The second kappa shape index (κ2) is 4.46. The summed E-state index contributed by atoms with van der Waals surface area (Å²) in [5.41, 5.74) is -0.0665. The Hall–Kier alpha value is -0.330. The van der Waals surface area contributed by atoms with Crippen molar-refractivity contribution in [2.45, 2.75) is 53.4 Å². The van der Waals surface area contributed by atoms with Crippen LogP contribution in [-0.2, 0) is 4.79 Å². The second-order valence-corrected chi connectivity index (χ2v) is 5.59. The molecule has 0 spiro atoms. The maximum atomic E-state index is 11.2. The first-order valence-corrected chi connectivity index (χ1v) is 5.98. The van der Waals surface area contributed by atoms with Gasteiger partial charge in [-0.3, -0.25) is 0 Å². The molecule has 0 aliphatic heterocycles. The van der Waals surface area contributed by atoms with E-state index in [9.17, 15) is 4.79 Å². The number of hydrogen-bond donors (Lipinski definition) is 0. The van der Waals surface area contributed by atoms with Crippen LogP contribution in [0.1, 0.15) is 53.4 Å². The molecule has 82 valence electrons. The van der Waals surface area contributed by atoms with E-state index in [1.54, 1.807) is 0 Å². The Morgan fingerprint density at radius 2 is 1.71 bits per heavy atom. The summed E-state index contributed by atoms with van der Waals surface area (Å²) >= 11 is 0. The first-order chi connectivity index (χ1) is 6.51. The Kier molecular flexibility index (Phi) is 3.74. The van der Waals surface area contributed by atoms with Crippen molar-refractivity contribution in [3.05, 3.63) is 0 Å². The van der Waals surface area contributed by atoms with E-state index in [-0.39, 0.29) is 5.41 Å². The Morgan fingerprint density at radius 3 is 2.07 bits per heavy atom. The molecule has 1 rings (SSSR count). The Morgan fingerprint density at radius 1 is 1.21 bits per heavy atom. The minimum Gasteiger partial charge on any atom is -0.303 e.